The standard InChI is InChI=1S/C14H15F3N4O2S/c15-14(16,17)8-2-1-3-10(4-8)20-12(23)21-13-19-6-11(24-13)5-9(18)7-22/h1-4,6,9,22H,5,7,18H2,(H2,19,20,21,23). The predicted molar refractivity (Wildman–Crippen MR) is 85.0 cm³/mol. The second-order valence-electron chi connectivity index (χ2n) is 4.94. The molecule has 1 heterocycles. The van der Waals surface area contributed by atoms with Crippen molar-refractivity contribution in [3.8, 4) is 0 Å². The molecule has 10 heteroatoms. The highest BCUT2D eigenvalue weighted by atomic mass is 32.1. The summed E-state index contributed by atoms with van der Waals surface area (Å²) in [4.78, 5) is 16.6. The van der Waals surface area contributed by atoms with Crippen molar-refractivity contribution < 1.29 is 23.1 Å². The molecular formula is C14H15F3N4O2S. The van der Waals surface area contributed by atoms with Crippen LogP contribution in [0.2, 0.25) is 0 Å². The molecule has 1 atom stereocenters. The second kappa shape index (κ2) is 7.60. The molecule has 0 aliphatic rings. The number of carbonyl (C=O) groups is 1. The Morgan fingerprint density at radius 2 is 2.12 bits per heavy atom. The molecule has 0 aliphatic carbocycles. The minimum atomic E-state index is -4.48. The van der Waals surface area contributed by atoms with Crippen LogP contribution in [-0.2, 0) is 12.6 Å². The lowest BCUT2D eigenvalue weighted by atomic mass is 10.2. The predicted octanol–water partition coefficient (Wildman–Crippen LogP) is 2.67. The minimum Gasteiger partial charge on any atom is -0.395 e. The lowest BCUT2D eigenvalue weighted by molar-refractivity contribution is -0.137. The third-order valence-electron chi connectivity index (χ3n) is 2.92. The molecule has 0 radical (unpaired) electrons. The van der Waals surface area contributed by atoms with E-state index < -0.39 is 23.8 Å². The van der Waals surface area contributed by atoms with Gasteiger partial charge in [-0.05, 0) is 18.2 Å². The highest BCUT2D eigenvalue weighted by Crippen LogP contribution is 2.30. The number of aliphatic hydroxyl groups excluding tert-OH is 1. The van der Waals surface area contributed by atoms with Gasteiger partial charge < -0.3 is 16.2 Å². The number of halogens is 3. The minimum absolute atomic E-state index is 0.0152. The number of carbonyl (C=O) groups excluding carboxylic acids is 1. The number of nitrogens with one attached hydrogen (secondary N) is 2. The zero-order valence-electron chi connectivity index (χ0n) is 12.3. The molecule has 2 aromatic rings. The van der Waals surface area contributed by atoms with Crippen LogP contribution >= 0.6 is 11.3 Å². The van der Waals surface area contributed by atoms with Crippen molar-refractivity contribution in [1.29, 1.82) is 0 Å². The lowest BCUT2D eigenvalue weighted by Gasteiger charge is -2.09. The van der Waals surface area contributed by atoms with Crippen LogP contribution in [0.15, 0.2) is 30.5 Å². The molecule has 130 valence electrons. The van der Waals surface area contributed by atoms with Crippen molar-refractivity contribution in [2.45, 2.75) is 18.6 Å². The lowest BCUT2D eigenvalue weighted by Crippen LogP contribution is -2.26. The molecule has 0 fully saturated rings. The molecular weight excluding hydrogens is 345 g/mol. The summed E-state index contributed by atoms with van der Waals surface area (Å²) >= 11 is 1.17. The Kier molecular flexibility index (Phi) is 5.75. The Labute approximate surface area is 139 Å². The molecule has 0 saturated carbocycles. The van der Waals surface area contributed by atoms with Gasteiger partial charge in [0, 0.05) is 29.2 Å². The van der Waals surface area contributed by atoms with Gasteiger partial charge in [0.25, 0.3) is 0 Å². The monoisotopic (exact) mass is 360 g/mol. The van der Waals surface area contributed by atoms with Gasteiger partial charge in [0.05, 0.1) is 12.2 Å². The molecule has 2 rings (SSSR count). The van der Waals surface area contributed by atoms with Gasteiger partial charge in [-0.3, -0.25) is 5.32 Å². The number of urea groups is 1. The maximum atomic E-state index is 12.6. The highest BCUT2D eigenvalue weighted by Gasteiger charge is 2.30. The summed E-state index contributed by atoms with van der Waals surface area (Å²) in [6.07, 6.45) is -2.56. The van der Waals surface area contributed by atoms with Crippen molar-refractivity contribution in [3.05, 3.63) is 40.9 Å². The van der Waals surface area contributed by atoms with Crippen LogP contribution in [0, 0.1) is 0 Å². The van der Waals surface area contributed by atoms with Gasteiger partial charge in [-0.25, -0.2) is 9.78 Å². The Bertz CT molecular complexity index is 705. The summed E-state index contributed by atoms with van der Waals surface area (Å²) in [5, 5.41) is 13.9. The molecule has 0 saturated heterocycles. The van der Waals surface area contributed by atoms with Crippen LogP contribution in [0.5, 0.6) is 0 Å². The quantitative estimate of drug-likeness (QED) is 0.659. The summed E-state index contributed by atoms with van der Waals surface area (Å²) < 4.78 is 37.9. The van der Waals surface area contributed by atoms with Gasteiger partial charge in [-0.1, -0.05) is 6.07 Å². The number of nitrogens with zero attached hydrogens (tertiary/aromatic N) is 1. The number of nitrogens with two attached hydrogens (primary N) is 1. The molecule has 1 aromatic heterocycles. The summed E-state index contributed by atoms with van der Waals surface area (Å²) in [7, 11) is 0. The van der Waals surface area contributed by atoms with Crippen molar-refractivity contribution >= 4 is 28.2 Å². The van der Waals surface area contributed by atoms with Crippen LogP contribution in [0.25, 0.3) is 0 Å². The van der Waals surface area contributed by atoms with Gasteiger partial charge in [-0.15, -0.1) is 11.3 Å². The molecule has 1 aromatic carbocycles. The first-order valence-corrected chi connectivity index (χ1v) is 7.66. The van der Waals surface area contributed by atoms with Gasteiger partial charge in [-0.2, -0.15) is 13.2 Å². The van der Waals surface area contributed by atoms with Crippen molar-refractivity contribution in [1.82, 2.24) is 4.98 Å². The number of aromatic nitrogens is 1. The molecule has 0 aliphatic heterocycles. The largest absolute Gasteiger partial charge is 0.416 e. The van der Waals surface area contributed by atoms with E-state index in [1.165, 1.54) is 29.7 Å². The zero-order chi connectivity index (χ0) is 17.7. The van der Waals surface area contributed by atoms with Gasteiger partial charge in [0.1, 0.15) is 0 Å². The zero-order valence-corrected chi connectivity index (χ0v) is 13.1. The van der Waals surface area contributed by atoms with Crippen LogP contribution in [0.1, 0.15) is 10.4 Å². The van der Waals surface area contributed by atoms with Gasteiger partial charge in [0.15, 0.2) is 5.13 Å². The maximum absolute atomic E-state index is 12.6. The molecule has 1 unspecified atom stereocenters. The Hall–Kier alpha value is -2.17. The van der Waals surface area contributed by atoms with Gasteiger partial charge >= 0.3 is 12.2 Å². The number of rotatable bonds is 5. The smallest absolute Gasteiger partial charge is 0.395 e. The van der Waals surface area contributed by atoms with Crippen LogP contribution in [-0.4, -0.2) is 28.8 Å². The summed E-state index contributed by atoms with van der Waals surface area (Å²) in [5.41, 5.74) is 4.77. The molecule has 24 heavy (non-hydrogen) atoms. The van der Waals surface area contributed by atoms with E-state index in [9.17, 15) is 18.0 Å². The average molecular weight is 360 g/mol. The fourth-order valence-electron chi connectivity index (χ4n) is 1.82. The van der Waals surface area contributed by atoms with E-state index in [-0.39, 0.29) is 17.4 Å². The molecule has 0 spiro atoms. The van der Waals surface area contributed by atoms with Gasteiger partial charge in [0.2, 0.25) is 0 Å². The second-order valence-corrected chi connectivity index (χ2v) is 6.05. The molecule has 0 bridgehead atoms. The first-order valence-electron chi connectivity index (χ1n) is 6.84. The summed E-state index contributed by atoms with van der Waals surface area (Å²) in [6.45, 7) is -0.170. The van der Waals surface area contributed by atoms with E-state index in [0.717, 1.165) is 17.0 Å². The van der Waals surface area contributed by atoms with E-state index in [1.807, 2.05) is 0 Å². The fourth-order valence-corrected chi connectivity index (χ4v) is 2.72. The SMILES string of the molecule is NC(CO)Cc1cnc(NC(=O)Nc2cccc(C(F)(F)F)c2)s1. The van der Waals surface area contributed by atoms with E-state index in [2.05, 4.69) is 15.6 Å². The normalized spacial score (nSPS) is 12.7. The number of thiazole rings is 1. The maximum Gasteiger partial charge on any atom is 0.416 e. The van der Waals surface area contributed by atoms with E-state index in [4.69, 9.17) is 10.8 Å². The number of anilines is 2. The average Bonchev–Trinajstić information content (AvgIpc) is 2.93. The number of alkyl halides is 3. The van der Waals surface area contributed by atoms with Crippen LogP contribution in [0.3, 0.4) is 0 Å². The molecule has 6 nitrogen and oxygen atoms in total. The third-order valence-corrected chi connectivity index (χ3v) is 3.85. The number of aliphatic hydroxyl groups is 1. The van der Waals surface area contributed by atoms with Crippen molar-refractivity contribution in [3.63, 3.8) is 0 Å². The first kappa shape index (κ1) is 18.2. The highest BCUT2D eigenvalue weighted by molar-refractivity contribution is 7.15. The van der Waals surface area contributed by atoms with Crippen molar-refractivity contribution in [2.75, 3.05) is 17.2 Å². The summed E-state index contributed by atoms with van der Waals surface area (Å²) in [5.74, 6) is 0. The fraction of sp³-hybridized carbons (Fsp3) is 0.286. The van der Waals surface area contributed by atoms with E-state index in [1.54, 1.807) is 0 Å². The van der Waals surface area contributed by atoms with Crippen molar-refractivity contribution in [2.24, 2.45) is 5.73 Å². The summed E-state index contributed by atoms with van der Waals surface area (Å²) in [6, 6.07) is 3.19. The molecule has 2 amide bonds. The Balaban J connectivity index is 1.96. The van der Waals surface area contributed by atoms with Crippen LogP contribution in [0.4, 0.5) is 28.8 Å². The van der Waals surface area contributed by atoms with Crippen LogP contribution < -0.4 is 16.4 Å². The first-order chi connectivity index (χ1) is 11.3. The molecule has 5 N–H and O–H groups in total. The Morgan fingerprint density at radius 1 is 1.38 bits per heavy atom. The Morgan fingerprint density at radius 3 is 2.79 bits per heavy atom. The number of hydrogen-bond donors (Lipinski definition) is 4. The number of benzene rings is 1. The topological polar surface area (TPSA) is 100 Å². The van der Waals surface area contributed by atoms with E-state index >= 15 is 0 Å². The third kappa shape index (κ3) is 5.18. The number of amides is 2. The van der Waals surface area contributed by atoms with E-state index in [0.29, 0.717) is 6.42 Å². The number of hydrogen-bond acceptors (Lipinski definition) is 5.